The molecule has 0 unspecified atom stereocenters. The number of likely N-dealkylation sites (N-methyl/N-ethyl adjacent to an activating group) is 1. The highest BCUT2D eigenvalue weighted by molar-refractivity contribution is 5.94. The largest absolute Gasteiger partial charge is 0.476 e. The summed E-state index contributed by atoms with van der Waals surface area (Å²) in [6.07, 6.45) is 7.63. The Labute approximate surface area is 211 Å². The van der Waals surface area contributed by atoms with E-state index in [1.54, 1.807) is 15.4 Å². The molecule has 0 fully saturated rings. The van der Waals surface area contributed by atoms with Crippen LogP contribution in [0.15, 0.2) is 55.1 Å². The summed E-state index contributed by atoms with van der Waals surface area (Å²) in [5.41, 5.74) is 6.17. The maximum absolute atomic E-state index is 13.2. The van der Waals surface area contributed by atoms with Crippen LogP contribution in [0.1, 0.15) is 34.6 Å². The van der Waals surface area contributed by atoms with Gasteiger partial charge in [-0.3, -0.25) is 14.2 Å². The summed E-state index contributed by atoms with van der Waals surface area (Å²) in [4.78, 5) is 19.7. The summed E-state index contributed by atoms with van der Waals surface area (Å²) in [6.45, 7) is 5.11. The van der Waals surface area contributed by atoms with Crippen LogP contribution in [-0.4, -0.2) is 62.6 Å². The van der Waals surface area contributed by atoms with Gasteiger partial charge in [-0.1, -0.05) is 6.07 Å². The fourth-order valence-corrected chi connectivity index (χ4v) is 3.88. The molecular formula is C27H33N7O2. The minimum absolute atomic E-state index is 0.243. The predicted octanol–water partition coefficient (Wildman–Crippen LogP) is 3.62. The first-order valence-electron chi connectivity index (χ1n) is 11.9. The normalized spacial score (nSPS) is 12.1. The number of ether oxygens (including phenoxy) is 1. The van der Waals surface area contributed by atoms with Gasteiger partial charge in [-0.2, -0.15) is 10.2 Å². The fraction of sp³-hybridized carbons (Fsp3) is 0.333. The van der Waals surface area contributed by atoms with E-state index in [1.807, 2.05) is 77.8 Å². The Balaban J connectivity index is 1.60. The molecule has 0 aliphatic rings. The Kier molecular flexibility index (Phi) is 7.49. The number of hydrogen-bond acceptors (Lipinski definition) is 6. The maximum Gasteiger partial charge on any atom is 0.270 e. The van der Waals surface area contributed by atoms with Gasteiger partial charge in [-0.25, -0.2) is 4.98 Å². The number of pyridine rings is 1. The van der Waals surface area contributed by atoms with Crippen LogP contribution in [0.2, 0.25) is 0 Å². The molecule has 0 spiro atoms. The van der Waals surface area contributed by atoms with Gasteiger partial charge in [-0.05, 0) is 68.4 Å². The van der Waals surface area contributed by atoms with Crippen LogP contribution in [0.3, 0.4) is 0 Å². The zero-order valence-electron chi connectivity index (χ0n) is 21.7. The molecule has 3 aromatic heterocycles. The SMILES string of the molecule is Cc1ccc(OCCN(C)C)nc1C(=O)N[C@H](C)c1cc(-c2cnn(C)c2)cc(-c2cnn(C)c2)c1. The van der Waals surface area contributed by atoms with E-state index in [0.29, 0.717) is 18.2 Å². The quantitative estimate of drug-likeness (QED) is 0.388. The van der Waals surface area contributed by atoms with Crippen molar-refractivity contribution in [3.8, 4) is 28.1 Å². The highest BCUT2D eigenvalue weighted by Crippen LogP contribution is 2.30. The Morgan fingerprint density at radius 3 is 2.14 bits per heavy atom. The molecule has 4 aromatic rings. The van der Waals surface area contributed by atoms with Crippen LogP contribution in [0.4, 0.5) is 0 Å². The van der Waals surface area contributed by atoms with Crippen LogP contribution < -0.4 is 10.1 Å². The maximum atomic E-state index is 13.2. The summed E-state index contributed by atoms with van der Waals surface area (Å²) in [7, 11) is 7.75. The topological polar surface area (TPSA) is 90.1 Å². The summed E-state index contributed by atoms with van der Waals surface area (Å²) < 4.78 is 9.29. The van der Waals surface area contributed by atoms with Crippen molar-refractivity contribution in [1.82, 2.24) is 34.8 Å². The Morgan fingerprint density at radius 1 is 1.00 bits per heavy atom. The number of nitrogens with one attached hydrogen (secondary N) is 1. The molecule has 0 saturated carbocycles. The number of carbonyl (C=O) groups excluding carboxylic acids is 1. The highest BCUT2D eigenvalue weighted by Gasteiger charge is 2.18. The lowest BCUT2D eigenvalue weighted by Gasteiger charge is -2.18. The van der Waals surface area contributed by atoms with Crippen LogP contribution in [0.5, 0.6) is 5.88 Å². The lowest BCUT2D eigenvalue weighted by Crippen LogP contribution is -2.28. The minimum Gasteiger partial charge on any atom is -0.476 e. The van der Waals surface area contributed by atoms with E-state index >= 15 is 0 Å². The number of amides is 1. The molecule has 1 N–H and O–H groups in total. The summed E-state index contributed by atoms with van der Waals surface area (Å²) >= 11 is 0. The third-order valence-electron chi connectivity index (χ3n) is 5.95. The first kappa shape index (κ1) is 25.1. The van der Waals surface area contributed by atoms with Gasteiger partial charge in [0.1, 0.15) is 12.3 Å². The molecule has 3 heterocycles. The average molecular weight is 488 g/mol. The van der Waals surface area contributed by atoms with E-state index in [4.69, 9.17) is 4.74 Å². The smallest absolute Gasteiger partial charge is 0.270 e. The van der Waals surface area contributed by atoms with E-state index in [0.717, 1.165) is 39.9 Å². The molecule has 9 nitrogen and oxygen atoms in total. The van der Waals surface area contributed by atoms with Gasteiger partial charge in [0.05, 0.1) is 18.4 Å². The molecule has 188 valence electrons. The van der Waals surface area contributed by atoms with Crippen molar-refractivity contribution < 1.29 is 9.53 Å². The minimum atomic E-state index is -0.260. The monoisotopic (exact) mass is 487 g/mol. The summed E-state index contributed by atoms with van der Waals surface area (Å²) in [5, 5.41) is 11.8. The van der Waals surface area contributed by atoms with Crippen molar-refractivity contribution in [1.29, 1.82) is 0 Å². The van der Waals surface area contributed by atoms with Crippen LogP contribution >= 0.6 is 0 Å². The molecule has 1 amide bonds. The highest BCUT2D eigenvalue weighted by atomic mass is 16.5. The molecule has 0 radical (unpaired) electrons. The number of rotatable bonds is 9. The van der Waals surface area contributed by atoms with E-state index < -0.39 is 0 Å². The number of aromatic nitrogens is 5. The van der Waals surface area contributed by atoms with Crippen molar-refractivity contribution in [2.75, 3.05) is 27.2 Å². The number of hydrogen-bond donors (Lipinski definition) is 1. The molecule has 0 bridgehead atoms. The molecule has 0 aliphatic heterocycles. The zero-order chi connectivity index (χ0) is 25.8. The number of aryl methyl sites for hydroxylation is 3. The Bertz CT molecular complexity index is 1300. The molecule has 1 atom stereocenters. The van der Waals surface area contributed by atoms with Crippen molar-refractivity contribution in [3.05, 3.63) is 71.9 Å². The molecular weight excluding hydrogens is 454 g/mol. The third-order valence-corrected chi connectivity index (χ3v) is 5.95. The van der Waals surface area contributed by atoms with E-state index in [1.165, 1.54) is 0 Å². The van der Waals surface area contributed by atoms with Gasteiger partial charge >= 0.3 is 0 Å². The van der Waals surface area contributed by atoms with Gasteiger partial charge in [0.15, 0.2) is 0 Å². The zero-order valence-corrected chi connectivity index (χ0v) is 21.7. The molecule has 9 heteroatoms. The lowest BCUT2D eigenvalue weighted by molar-refractivity contribution is 0.0932. The third kappa shape index (κ3) is 5.98. The van der Waals surface area contributed by atoms with Crippen molar-refractivity contribution in [2.24, 2.45) is 14.1 Å². The molecule has 1 aromatic carbocycles. The second-order valence-electron chi connectivity index (χ2n) is 9.31. The summed E-state index contributed by atoms with van der Waals surface area (Å²) in [6, 6.07) is 9.69. The predicted molar refractivity (Wildman–Crippen MR) is 140 cm³/mol. The van der Waals surface area contributed by atoms with Crippen molar-refractivity contribution in [3.63, 3.8) is 0 Å². The standard InChI is InChI=1S/C27H33N7O2/c1-18-7-8-25(36-10-9-32(3)4)31-26(18)27(35)30-19(2)20-11-21(23-14-28-33(5)16-23)13-22(12-20)24-15-29-34(6)17-24/h7-8,11-17,19H,9-10H2,1-6H3,(H,30,35)/t19-/m1/s1. The van der Waals surface area contributed by atoms with Gasteiger partial charge in [0.25, 0.3) is 5.91 Å². The Hall–Kier alpha value is -3.98. The van der Waals surface area contributed by atoms with Crippen LogP contribution in [0.25, 0.3) is 22.3 Å². The molecule has 36 heavy (non-hydrogen) atoms. The van der Waals surface area contributed by atoms with Crippen molar-refractivity contribution in [2.45, 2.75) is 19.9 Å². The van der Waals surface area contributed by atoms with Crippen LogP contribution in [-0.2, 0) is 14.1 Å². The molecule has 4 rings (SSSR count). The first-order chi connectivity index (χ1) is 17.2. The average Bonchev–Trinajstić information content (AvgIpc) is 3.47. The fourth-order valence-electron chi connectivity index (χ4n) is 3.88. The van der Waals surface area contributed by atoms with E-state index in [-0.39, 0.29) is 11.9 Å². The molecule has 0 saturated heterocycles. The second-order valence-corrected chi connectivity index (χ2v) is 9.31. The Morgan fingerprint density at radius 2 is 1.61 bits per heavy atom. The number of nitrogens with zero attached hydrogens (tertiary/aromatic N) is 6. The first-order valence-corrected chi connectivity index (χ1v) is 11.9. The van der Waals surface area contributed by atoms with Gasteiger partial charge in [-0.15, -0.1) is 0 Å². The van der Waals surface area contributed by atoms with E-state index in [9.17, 15) is 4.79 Å². The van der Waals surface area contributed by atoms with E-state index in [2.05, 4.69) is 38.7 Å². The van der Waals surface area contributed by atoms with Crippen molar-refractivity contribution >= 4 is 5.91 Å². The van der Waals surface area contributed by atoms with Crippen LogP contribution in [0, 0.1) is 6.92 Å². The van der Waals surface area contributed by atoms with Gasteiger partial charge < -0.3 is 15.0 Å². The lowest BCUT2D eigenvalue weighted by atomic mass is 9.96. The summed E-state index contributed by atoms with van der Waals surface area (Å²) in [5.74, 6) is 0.200. The van der Waals surface area contributed by atoms with Gasteiger partial charge in [0.2, 0.25) is 5.88 Å². The molecule has 0 aliphatic carbocycles. The second kappa shape index (κ2) is 10.7. The van der Waals surface area contributed by atoms with Gasteiger partial charge in [0, 0.05) is 50.2 Å². The number of carbonyl (C=O) groups is 1. The number of benzene rings is 1.